The molecule has 0 N–H and O–H groups in total. The Morgan fingerprint density at radius 1 is 1.06 bits per heavy atom. The molecular weight excluding hydrogens is 438 g/mol. The van der Waals surface area contributed by atoms with Crippen LogP contribution in [0.1, 0.15) is 25.3 Å². The molecule has 0 amide bonds. The average molecular weight is 462 g/mol. The van der Waals surface area contributed by atoms with Gasteiger partial charge in [0.25, 0.3) is 0 Å². The van der Waals surface area contributed by atoms with E-state index in [9.17, 15) is 4.79 Å². The van der Waals surface area contributed by atoms with E-state index in [-0.39, 0.29) is 0 Å². The maximum absolute atomic E-state index is 12.5. The van der Waals surface area contributed by atoms with Crippen molar-refractivity contribution in [3.8, 4) is 22.6 Å². The Bertz CT molecular complexity index is 1350. The minimum Gasteiger partial charge on any atom is -0.494 e. The monoisotopic (exact) mass is 461 g/mol. The van der Waals surface area contributed by atoms with Gasteiger partial charge in [-0.15, -0.1) is 0 Å². The lowest BCUT2D eigenvalue weighted by atomic mass is 9.99. The molecule has 0 atom stereocenters. The predicted octanol–water partition coefficient (Wildman–Crippen LogP) is 6.65. The Labute approximate surface area is 197 Å². The van der Waals surface area contributed by atoms with Crippen LogP contribution in [0.4, 0.5) is 5.69 Å². The molecule has 1 aliphatic rings. The van der Waals surface area contributed by atoms with Crippen LogP contribution in [0.5, 0.6) is 11.5 Å². The van der Waals surface area contributed by atoms with E-state index >= 15 is 0 Å². The van der Waals surface area contributed by atoms with E-state index in [4.69, 9.17) is 25.5 Å². The standard InChI is InChI=1S/C27H24ClNO4/c1-2-3-12-31-20-11-7-10-19(13-20)29-16-23-26-22(14-24(28)27(23)32-17-29)21(15-25(30)33-26)18-8-5-4-6-9-18/h4-11,13-15H,2-3,12,16-17H2,1H3. The third-order valence-electron chi connectivity index (χ3n) is 5.78. The van der Waals surface area contributed by atoms with Gasteiger partial charge in [-0.1, -0.05) is 61.3 Å². The summed E-state index contributed by atoms with van der Waals surface area (Å²) in [6.07, 6.45) is 2.10. The normalized spacial score (nSPS) is 13.0. The van der Waals surface area contributed by atoms with Gasteiger partial charge in [-0.3, -0.25) is 0 Å². The number of fused-ring (bicyclic) bond motifs is 3. The smallest absolute Gasteiger partial charge is 0.336 e. The zero-order valence-electron chi connectivity index (χ0n) is 18.3. The van der Waals surface area contributed by atoms with Crippen molar-refractivity contribution in [3.05, 3.63) is 87.7 Å². The summed E-state index contributed by atoms with van der Waals surface area (Å²) in [5, 5.41) is 1.28. The molecule has 3 aromatic carbocycles. The van der Waals surface area contributed by atoms with Gasteiger partial charge in [-0.05, 0) is 35.7 Å². The van der Waals surface area contributed by atoms with Crippen LogP contribution in [0.15, 0.2) is 75.9 Å². The number of halogens is 1. The number of nitrogens with zero attached hydrogens (tertiary/aromatic N) is 1. The largest absolute Gasteiger partial charge is 0.494 e. The topological polar surface area (TPSA) is 51.9 Å². The Morgan fingerprint density at radius 2 is 1.91 bits per heavy atom. The molecule has 5 rings (SSSR count). The number of unbranched alkanes of at least 4 members (excludes halogenated alkanes) is 1. The second-order valence-corrected chi connectivity index (χ2v) is 8.47. The van der Waals surface area contributed by atoms with Crippen molar-refractivity contribution < 1.29 is 13.9 Å². The summed E-state index contributed by atoms with van der Waals surface area (Å²) < 4.78 is 17.6. The molecule has 6 heteroatoms. The molecule has 0 unspecified atom stereocenters. The molecule has 5 nitrogen and oxygen atoms in total. The fourth-order valence-electron chi connectivity index (χ4n) is 4.12. The minimum atomic E-state index is -0.408. The number of hydrogen-bond donors (Lipinski definition) is 0. The van der Waals surface area contributed by atoms with Crippen LogP contribution >= 0.6 is 11.6 Å². The van der Waals surface area contributed by atoms with Crippen LogP contribution < -0.4 is 20.0 Å². The van der Waals surface area contributed by atoms with E-state index in [0.717, 1.165) is 46.4 Å². The van der Waals surface area contributed by atoms with E-state index in [1.165, 1.54) is 6.07 Å². The summed E-state index contributed by atoms with van der Waals surface area (Å²) in [5.41, 5.74) is 3.53. The van der Waals surface area contributed by atoms with Crippen LogP contribution in [0.3, 0.4) is 0 Å². The summed E-state index contributed by atoms with van der Waals surface area (Å²) in [5.74, 6) is 1.38. The summed E-state index contributed by atoms with van der Waals surface area (Å²) in [7, 11) is 0. The molecule has 0 saturated carbocycles. The van der Waals surface area contributed by atoms with Crippen molar-refractivity contribution >= 4 is 28.3 Å². The molecule has 0 fully saturated rings. The number of anilines is 1. The first-order valence-electron chi connectivity index (χ1n) is 11.1. The highest BCUT2D eigenvalue weighted by Gasteiger charge is 2.26. The van der Waals surface area contributed by atoms with Gasteiger partial charge >= 0.3 is 5.63 Å². The molecule has 0 aliphatic carbocycles. The van der Waals surface area contributed by atoms with E-state index in [0.29, 0.717) is 36.2 Å². The van der Waals surface area contributed by atoms with Gasteiger partial charge in [-0.25, -0.2) is 4.79 Å². The fourth-order valence-corrected chi connectivity index (χ4v) is 4.39. The maximum atomic E-state index is 12.5. The number of benzene rings is 3. The van der Waals surface area contributed by atoms with Crippen molar-refractivity contribution in [2.45, 2.75) is 26.3 Å². The van der Waals surface area contributed by atoms with Crippen molar-refractivity contribution in [3.63, 3.8) is 0 Å². The molecular formula is C27H24ClNO4. The van der Waals surface area contributed by atoms with Gasteiger partial charge in [0.15, 0.2) is 6.73 Å². The van der Waals surface area contributed by atoms with Gasteiger partial charge in [-0.2, -0.15) is 0 Å². The van der Waals surface area contributed by atoms with Gasteiger partial charge in [0, 0.05) is 23.2 Å². The molecule has 2 heterocycles. The number of hydrogen-bond acceptors (Lipinski definition) is 5. The van der Waals surface area contributed by atoms with Gasteiger partial charge in [0.05, 0.1) is 23.7 Å². The van der Waals surface area contributed by atoms with Crippen LogP contribution in [0.2, 0.25) is 5.02 Å². The molecule has 0 bridgehead atoms. The van der Waals surface area contributed by atoms with E-state index in [1.807, 2.05) is 60.7 Å². The van der Waals surface area contributed by atoms with Crippen molar-refractivity contribution in [1.82, 2.24) is 0 Å². The Morgan fingerprint density at radius 3 is 2.73 bits per heavy atom. The maximum Gasteiger partial charge on any atom is 0.336 e. The summed E-state index contributed by atoms with van der Waals surface area (Å²) in [6.45, 7) is 3.65. The number of rotatable bonds is 6. The van der Waals surface area contributed by atoms with Crippen molar-refractivity contribution in [2.75, 3.05) is 18.2 Å². The highest BCUT2D eigenvalue weighted by Crippen LogP contribution is 2.42. The van der Waals surface area contributed by atoms with E-state index in [2.05, 4.69) is 11.8 Å². The lowest BCUT2D eigenvalue weighted by molar-refractivity contribution is 0.288. The molecule has 1 aromatic heterocycles. The third-order valence-corrected chi connectivity index (χ3v) is 6.06. The highest BCUT2D eigenvalue weighted by molar-refractivity contribution is 6.33. The number of ether oxygens (including phenoxy) is 2. The average Bonchev–Trinajstić information content (AvgIpc) is 2.85. The molecule has 0 saturated heterocycles. The highest BCUT2D eigenvalue weighted by atomic mass is 35.5. The van der Waals surface area contributed by atoms with Gasteiger partial charge in [0.2, 0.25) is 0 Å². The first-order valence-corrected chi connectivity index (χ1v) is 11.5. The summed E-state index contributed by atoms with van der Waals surface area (Å²) in [6, 6.07) is 21.0. The second kappa shape index (κ2) is 9.20. The SMILES string of the molecule is CCCCOc1cccc(N2COc3c(Cl)cc4c(-c5ccccc5)cc(=O)oc4c3C2)c1. The quantitative estimate of drug-likeness (QED) is 0.237. The van der Waals surface area contributed by atoms with Crippen LogP contribution in [-0.2, 0) is 6.54 Å². The van der Waals surface area contributed by atoms with Crippen molar-refractivity contribution in [2.24, 2.45) is 0 Å². The Kier molecular flexibility index (Phi) is 5.97. The second-order valence-electron chi connectivity index (χ2n) is 8.06. The van der Waals surface area contributed by atoms with Crippen LogP contribution in [0, 0.1) is 0 Å². The van der Waals surface area contributed by atoms with Gasteiger partial charge in [0.1, 0.15) is 17.1 Å². The molecule has 33 heavy (non-hydrogen) atoms. The van der Waals surface area contributed by atoms with Crippen molar-refractivity contribution in [1.29, 1.82) is 0 Å². The molecule has 168 valence electrons. The van der Waals surface area contributed by atoms with E-state index < -0.39 is 5.63 Å². The molecule has 0 spiro atoms. The predicted molar refractivity (Wildman–Crippen MR) is 131 cm³/mol. The third kappa shape index (κ3) is 4.29. The first kappa shape index (κ1) is 21.4. The first-order chi connectivity index (χ1) is 16.1. The van der Waals surface area contributed by atoms with Crippen LogP contribution in [0.25, 0.3) is 22.1 Å². The Hall–Kier alpha value is -3.44. The lowest BCUT2D eigenvalue weighted by Gasteiger charge is -2.31. The van der Waals surface area contributed by atoms with Crippen LogP contribution in [-0.4, -0.2) is 13.3 Å². The van der Waals surface area contributed by atoms with E-state index in [1.54, 1.807) is 0 Å². The molecule has 0 radical (unpaired) electrons. The zero-order chi connectivity index (χ0) is 22.8. The summed E-state index contributed by atoms with van der Waals surface area (Å²) in [4.78, 5) is 14.6. The zero-order valence-corrected chi connectivity index (χ0v) is 19.1. The minimum absolute atomic E-state index is 0.333. The van der Waals surface area contributed by atoms with Gasteiger partial charge < -0.3 is 18.8 Å². The molecule has 1 aliphatic heterocycles. The molecule has 4 aromatic rings. The summed E-state index contributed by atoms with van der Waals surface area (Å²) >= 11 is 6.63. The lowest BCUT2D eigenvalue weighted by Crippen LogP contribution is -2.32. The fraction of sp³-hybridized carbons (Fsp3) is 0.222. The Balaban J connectivity index is 1.56.